The van der Waals surface area contributed by atoms with Crippen molar-refractivity contribution in [1.29, 1.82) is 0 Å². The van der Waals surface area contributed by atoms with Crippen LogP contribution in [-0.2, 0) is 24.4 Å². The van der Waals surface area contributed by atoms with Gasteiger partial charge in [0, 0.05) is 24.0 Å². The van der Waals surface area contributed by atoms with Crippen LogP contribution in [0.3, 0.4) is 0 Å². The summed E-state index contributed by atoms with van der Waals surface area (Å²) in [6.45, 7) is 7.59. The molecular weight excluding hydrogens is 781 g/mol. The lowest BCUT2D eigenvalue weighted by molar-refractivity contribution is -0.142. The minimum absolute atomic E-state index is 0.0181. The molecule has 7 rings (SSSR count). The molecule has 0 radical (unpaired) electrons. The van der Waals surface area contributed by atoms with Crippen molar-refractivity contribution in [2.45, 2.75) is 108 Å². The zero-order chi connectivity index (χ0) is 42.2. The van der Waals surface area contributed by atoms with Crippen LogP contribution in [0.15, 0.2) is 54.6 Å². The number of hydrogen-bond donors (Lipinski definition) is 4. The Morgan fingerprint density at radius 2 is 1.75 bits per heavy atom. The minimum Gasteiger partial charge on any atom is -0.497 e. The fourth-order valence-corrected chi connectivity index (χ4v) is 9.53. The number of methoxy groups -OCH3 is 1. The number of carbonyl (C=O) groups is 4. The van der Waals surface area contributed by atoms with Crippen LogP contribution in [0, 0.1) is 17.8 Å². The Hall–Kier alpha value is -5.45. The summed E-state index contributed by atoms with van der Waals surface area (Å²) in [5.41, 5.74) is -0.368. The molecule has 2 saturated carbocycles. The molecule has 16 nitrogen and oxygen atoms in total. The van der Waals surface area contributed by atoms with Crippen LogP contribution in [0.2, 0.25) is 0 Å². The summed E-state index contributed by atoms with van der Waals surface area (Å²) in [7, 11) is -2.39. The maximum Gasteiger partial charge on any atom is 0.405 e. The van der Waals surface area contributed by atoms with E-state index in [1.807, 2.05) is 57.2 Å². The predicted molar refractivity (Wildman–Crippen MR) is 217 cm³/mol. The standard InChI is InChI=1S/C42H52N6O10S/c1-23(2)57-28-12-10-26(11-13-28)36-43-33-19-29(56-5)14-17-32(33)38(45-36)58-30-20-34-37(49)46-42(40(51)47-59(54,55)31-15-16-31)21-27(42)9-7-6-8-24(3)18-25(4)35(44-41(52)53)39(50)48(34)22-30/h7,9-14,17,19,23-25,27,30-31,34-35,44H,6,8,15-16,18,20-22H2,1-5H3,(H,46,49)(H,47,51)(H,52,53)/b9-7-/t24-,25-,27-,30-,34+,35+,42-/m1/s1. The van der Waals surface area contributed by atoms with Crippen LogP contribution < -0.4 is 29.6 Å². The van der Waals surface area contributed by atoms with Gasteiger partial charge in [-0.05, 0) is 101 Å². The Kier molecular flexibility index (Phi) is 11.8. The predicted octanol–water partition coefficient (Wildman–Crippen LogP) is 4.57. The summed E-state index contributed by atoms with van der Waals surface area (Å²) < 4.78 is 45.9. The first-order valence-electron chi connectivity index (χ1n) is 20.2. The molecule has 0 spiro atoms. The van der Waals surface area contributed by atoms with Gasteiger partial charge < -0.3 is 34.9 Å². The molecule has 2 aromatic carbocycles. The molecule has 59 heavy (non-hydrogen) atoms. The molecule has 3 aromatic rings. The third-order valence-corrected chi connectivity index (χ3v) is 13.3. The third-order valence-electron chi connectivity index (χ3n) is 11.5. The van der Waals surface area contributed by atoms with Gasteiger partial charge in [-0.1, -0.05) is 26.0 Å². The lowest BCUT2D eigenvalue weighted by atomic mass is 9.88. The Morgan fingerprint density at radius 1 is 1.02 bits per heavy atom. The Morgan fingerprint density at radius 3 is 2.42 bits per heavy atom. The number of amides is 4. The molecule has 0 unspecified atom stereocenters. The molecule has 4 aliphatic rings. The van der Waals surface area contributed by atoms with Crippen LogP contribution in [0.1, 0.15) is 72.6 Å². The minimum atomic E-state index is -3.94. The van der Waals surface area contributed by atoms with Gasteiger partial charge in [0.1, 0.15) is 35.2 Å². The second-order valence-electron chi connectivity index (χ2n) is 16.6. The van der Waals surface area contributed by atoms with E-state index in [-0.39, 0.29) is 37.3 Å². The number of hydrogen-bond acceptors (Lipinski definition) is 11. The molecule has 1 aromatic heterocycles. The maximum atomic E-state index is 14.6. The van der Waals surface area contributed by atoms with Gasteiger partial charge in [-0.3, -0.25) is 19.1 Å². The van der Waals surface area contributed by atoms with Gasteiger partial charge in [-0.2, -0.15) is 4.98 Å². The smallest absolute Gasteiger partial charge is 0.405 e. The van der Waals surface area contributed by atoms with Gasteiger partial charge in [-0.25, -0.2) is 18.2 Å². The van der Waals surface area contributed by atoms with E-state index in [9.17, 15) is 32.7 Å². The number of fused-ring (bicyclic) bond motifs is 3. The van der Waals surface area contributed by atoms with Crippen LogP contribution in [0.4, 0.5) is 4.79 Å². The van der Waals surface area contributed by atoms with Crippen molar-refractivity contribution >= 4 is 44.7 Å². The molecule has 7 atom stereocenters. The van der Waals surface area contributed by atoms with Crippen molar-refractivity contribution in [1.82, 2.24) is 30.2 Å². The van der Waals surface area contributed by atoms with E-state index in [0.717, 1.165) is 6.42 Å². The van der Waals surface area contributed by atoms with Gasteiger partial charge in [0.05, 0.1) is 35.9 Å². The maximum absolute atomic E-state index is 14.6. The molecule has 1 saturated heterocycles. The second kappa shape index (κ2) is 16.7. The number of rotatable bonds is 10. The van der Waals surface area contributed by atoms with Crippen molar-refractivity contribution < 1.29 is 46.9 Å². The Labute approximate surface area is 343 Å². The zero-order valence-corrected chi connectivity index (χ0v) is 34.7. The molecule has 4 N–H and O–H groups in total. The molecule has 2 aliphatic carbocycles. The summed E-state index contributed by atoms with van der Waals surface area (Å²) >= 11 is 0. The van der Waals surface area contributed by atoms with E-state index in [1.54, 1.807) is 32.2 Å². The third kappa shape index (κ3) is 9.24. The summed E-state index contributed by atoms with van der Waals surface area (Å²) in [4.78, 5) is 66.0. The van der Waals surface area contributed by atoms with Crippen molar-refractivity contribution in [3.8, 4) is 28.8 Å². The van der Waals surface area contributed by atoms with E-state index in [0.29, 0.717) is 59.5 Å². The van der Waals surface area contributed by atoms with E-state index in [4.69, 9.17) is 24.2 Å². The van der Waals surface area contributed by atoms with Crippen LogP contribution >= 0.6 is 0 Å². The van der Waals surface area contributed by atoms with Crippen LogP contribution in [-0.4, -0.2) is 101 Å². The van der Waals surface area contributed by atoms with E-state index in [1.165, 1.54) is 4.90 Å². The second-order valence-corrected chi connectivity index (χ2v) is 18.6. The molecule has 3 fully saturated rings. The average Bonchev–Trinajstić information content (AvgIpc) is 4.11. The van der Waals surface area contributed by atoms with Gasteiger partial charge in [0.25, 0.3) is 5.91 Å². The summed E-state index contributed by atoms with van der Waals surface area (Å²) in [6.07, 6.45) is 4.45. The topological polar surface area (TPSA) is 215 Å². The van der Waals surface area contributed by atoms with E-state index < -0.39 is 74.7 Å². The van der Waals surface area contributed by atoms with Gasteiger partial charge in [-0.15, -0.1) is 0 Å². The number of carbonyl (C=O) groups excluding carboxylic acids is 3. The van der Waals surface area contributed by atoms with E-state index in [2.05, 4.69) is 15.4 Å². The largest absolute Gasteiger partial charge is 0.497 e. The number of allylic oxidation sites excluding steroid dienone is 1. The first-order valence-corrected chi connectivity index (χ1v) is 21.8. The van der Waals surface area contributed by atoms with Gasteiger partial charge >= 0.3 is 6.09 Å². The molecule has 3 heterocycles. The highest BCUT2D eigenvalue weighted by atomic mass is 32.2. The molecule has 0 bridgehead atoms. The quantitative estimate of drug-likeness (QED) is 0.207. The fourth-order valence-electron chi connectivity index (χ4n) is 8.17. The highest BCUT2D eigenvalue weighted by molar-refractivity contribution is 7.91. The Bertz CT molecular complexity index is 2250. The van der Waals surface area contributed by atoms with Crippen LogP contribution in [0.5, 0.6) is 17.4 Å². The normalized spacial score (nSPS) is 28.0. The number of benzene rings is 2. The van der Waals surface area contributed by atoms with Crippen molar-refractivity contribution in [3.05, 3.63) is 54.6 Å². The SMILES string of the molecule is COc1ccc2c(O[C@@H]3C[C@H]4C(=O)N[C@]5(C(=O)NS(=O)(=O)C6CC6)C[C@H]5/C=C\CC[C@@H](C)C[C@@H](C)[C@H](NC(=O)O)C(=O)N4C3)nc(-c3ccc(OC(C)C)cc3)nc2c1. The van der Waals surface area contributed by atoms with Crippen LogP contribution in [0.25, 0.3) is 22.3 Å². The first-order chi connectivity index (χ1) is 28.1. The molecule has 17 heteroatoms. The van der Waals surface area contributed by atoms with Gasteiger partial charge in [0.2, 0.25) is 27.7 Å². The monoisotopic (exact) mass is 832 g/mol. The number of nitrogens with one attached hydrogen (secondary N) is 3. The summed E-state index contributed by atoms with van der Waals surface area (Å²) in [5.74, 6) is -1.19. The number of nitrogens with zero attached hydrogens (tertiary/aromatic N) is 3. The number of sulfonamides is 1. The summed E-state index contributed by atoms with van der Waals surface area (Å²) in [5, 5.41) is 15.0. The molecule has 316 valence electrons. The molecular formula is C42H52N6O10S. The highest BCUT2D eigenvalue weighted by Gasteiger charge is 2.62. The lowest BCUT2D eigenvalue weighted by Gasteiger charge is -2.32. The highest BCUT2D eigenvalue weighted by Crippen LogP contribution is 2.46. The fraction of sp³-hybridized carbons (Fsp3) is 0.524. The lowest BCUT2D eigenvalue weighted by Crippen LogP contribution is -2.59. The Balaban J connectivity index is 1.24. The van der Waals surface area contributed by atoms with Crippen molar-refractivity contribution in [2.75, 3.05) is 13.7 Å². The van der Waals surface area contributed by atoms with E-state index >= 15 is 0 Å². The molecule has 4 amide bonds. The number of carboxylic acid groups (broad SMARTS) is 1. The van der Waals surface area contributed by atoms with Gasteiger partial charge in [0.15, 0.2) is 5.82 Å². The van der Waals surface area contributed by atoms with Crippen molar-refractivity contribution in [2.24, 2.45) is 17.8 Å². The first kappa shape index (κ1) is 41.7. The number of ether oxygens (including phenoxy) is 3. The average molecular weight is 833 g/mol. The summed E-state index contributed by atoms with van der Waals surface area (Å²) in [6, 6.07) is 10.1. The zero-order valence-electron chi connectivity index (χ0n) is 33.8. The molecule has 2 aliphatic heterocycles. The number of aromatic nitrogens is 2. The van der Waals surface area contributed by atoms with Crippen molar-refractivity contribution in [3.63, 3.8) is 0 Å².